The van der Waals surface area contributed by atoms with Crippen LogP contribution in [0.4, 0.5) is 4.39 Å². The number of pyridine rings is 1. The molecule has 0 unspecified atom stereocenters. The molecule has 0 saturated heterocycles. The van der Waals surface area contributed by atoms with Crippen LogP contribution in [0.3, 0.4) is 0 Å². The summed E-state index contributed by atoms with van der Waals surface area (Å²) in [6.07, 6.45) is 5.74. The lowest BCUT2D eigenvalue weighted by Crippen LogP contribution is -2.24. The van der Waals surface area contributed by atoms with Crippen molar-refractivity contribution in [2.24, 2.45) is 5.16 Å². The Morgan fingerprint density at radius 3 is 2.70 bits per heavy atom. The number of nitrogens with zero attached hydrogens (tertiary/aromatic N) is 5. The number of carboxylic acids is 1. The van der Waals surface area contributed by atoms with Gasteiger partial charge in [-0.15, -0.1) is 0 Å². The molecule has 1 aliphatic rings. The SMILES string of the molecule is C[C@]1(c2cn3ccccc3n2)CC(c2ccc3c(=O)n(-c4ccc(F)cc4)c(CCCCC(=O)O)nc3c2)=NO1. The van der Waals surface area contributed by atoms with Crippen molar-refractivity contribution in [3.05, 3.63) is 106 Å². The molecule has 202 valence electrons. The fourth-order valence-electron chi connectivity index (χ4n) is 5.02. The zero-order valence-corrected chi connectivity index (χ0v) is 21.7. The summed E-state index contributed by atoms with van der Waals surface area (Å²) in [5.74, 6) is -0.804. The lowest BCUT2D eigenvalue weighted by molar-refractivity contribution is -0.137. The van der Waals surface area contributed by atoms with Gasteiger partial charge >= 0.3 is 5.97 Å². The molecule has 4 heterocycles. The number of rotatable bonds is 8. The van der Waals surface area contributed by atoms with Crippen molar-refractivity contribution < 1.29 is 19.1 Å². The first-order valence-corrected chi connectivity index (χ1v) is 13.0. The number of imidazole rings is 1. The molecule has 0 spiro atoms. The lowest BCUT2D eigenvalue weighted by Gasteiger charge is -2.18. The Morgan fingerprint density at radius 1 is 1.10 bits per heavy atom. The van der Waals surface area contributed by atoms with E-state index in [0.717, 1.165) is 16.9 Å². The first-order chi connectivity index (χ1) is 19.3. The summed E-state index contributed by atoms with van der Waals surface area (Å²) >= 11 is 0. The molecular formula is C30H26FN5O4. The quantitative estimate of drug-likeness (QED) is 0.278. The number of hydrogen-bond acceptors (Lipinski definition) is 6. The molecular weight excluding hydrogens is 513 g/mol. The predicted octanol–water partition coefficient (Wildman–Crippen LogP) is 5.01. The minimum atomic E-state index is -0.873. The minimum Gasteiger partial charge on any atom is -0.481 e. The molecule has 3 aromatic heterocycles. The van der Waals surface area contributed by atoms with E-state index >= 15 is 0 Å². The van der Waals surface area contributed by atoms with Crippen LogP contribution in [0.1, 0.15) is 49.7 Å². The Balaban J connectivity index is 1.34. The molecule has 40 heavy (non-hydrogen) atoms. The number of hydrogen-bond donors (Lipinski definition) is 1. The van der Waals surface area contributed by atoms with Gasteiger partial charge in [-0.2, -0.15) is 0 Å². The summed E-state index contributed by atoms with van der Waals surface area (Å²) in [4.78, 5) is 40.0. The predicted molar refractivity (Wildman–Crippen MR) is 147 cm³/mol. The molecule has 0 amide bonds. The lowest BCUT2D eigenvalue weighted by atomic mass is 9.93. The summed E-state index contributed by atoms with van der Waals surface area (Å²) in [7, 11) is 0. The smallest absolute Gasteiger partial charge is 0.303 e. The largest absolute Gasteiger partial charge is 0.481 e. The average molecular weight is 540 g/mol. The highest BCUT2D eigenvalue weighted by molar-refractivity contribution is 6.03. The second-order valence-corrected chi connectivity index (χ2v) is 10.1. The Bertz CT molecular complexity index is 1810. The van der Waals surface area contributed by atoms with E-state index in [1.165, 1.54) is 28.8 Å². The molecule has 0 aliphatic carbocycles. The van der Waals surface area contributed by atoms with E-state index in [0.29, 0.717) is 53.8 Å². The molecule has 10 heteroatoms. The molecule has 0 saturated carbocycles. The summed E-state index contributed by atoms with van der Waals surface area (Å²) in [5, 5.41) is 13.8. The number of benzene rings is 2. The number of aliphatic carboxylic acids is 1. The number of fused-ring (bicyclic) bond motifs is 2. The molecule has 0 bridgehead atoms. The van der Waals surface area contributed by atoms with Gasteiger partial charge in [0.1, 0.15) is 23.0 Å². The standard InChI is InChI=1S/C30H26FN5O4/c1-30(25-18-35-15-5-4-6-26(35)33-25)17-24(34-40-30)19-9-14-22-23(16-19)32-27(7-2-3-8-28(37)38)36(29(22)39)21-12-10-20(31)11-13-21/h4-6,9-16,18H,2-3,7-8,17H2,1H3,(H,37,38)/t30-/m1/s1. The number of halogens is 1. The second kappa shape index (κ2) is 10.0. The molecule has 6 rings (SSSR count). The van der Waals surface area contributed by atoms with Gasteiger partial charge in [-0.05, 0) is 68.3 Å². The van der Waals surface area contributed by atoms with Crippen LogP contribution in [0.25, 0.3) is 22.2 Å². The highest BCUT2D eigenvalue weighted by atomic mass is 19.1. The van der Waals surface area contributed by atoms with E-state index in [9.17, 15) is 14.0 Å². The van der Waals surface area contributed by atoms with Gasteiger partial charge in [0.25, 0.3) is 5.56 Å². The van der Waals surface area contributed by atoms with E-state index in [1.807, 2.05) is 54.0 Å². The molecule has 1 N–H and O–H groups in total. The van der Waals surface area contributed by atoms with Crippen molar-refractivity contribution in [3.8, 4) is 5.69 Å². The van der Waals surface area contributed by atoms with Crippen LogP contribution in [0.5, 0.6) is 0 Å². The Kier molecular flexibility index (Phi) is 6.37. The van der Waals surface area contributed by atoms with Crippen LogP contribution < -0.4 is 5.56 Å². The third kappa shape index (κ3) is 4.72. The van der Waals surface area contributed by atoms with Crippen LogP contribution >= 0.6 is 0 Å². The van der Waals surface area contributed by atoms with Gasteiger partial charge in [-0.25, -0.2) is 14.4 Å². The maximum atomic E-state index is 13.7. The third-order valence-electron chi connectivity index (χ3n) is 7.17. The monoisotopic (exact) mass is 539 g/mol. The molecule has 1 atom stereocenters. The summed E-state index contributed by atoms with van der Waals surface area (Å²) in [6, 6.07) is 16.8. The minimum absolute atomic E-state index is 0.0312. The fourth-order valence-corrected chi connectivity index (χ4v) is 5.02. The van der Waals surface area contributed by atoms with Crippen LogP contribution in [0.15, 0.2) is 83.0 Å². The van der Waals surface area contributed by atoms with Crippen molar-refractivity contribution >= 4 is 28.2 Å². The van der Waals surface area contributed by atoms with E-state index in [1.54, 1.807) is 6.07 Å². The maximum Gasteiger partial charge on any atom is 0.303 e. The van der Waals surface area contributed by atoms with Gasteiger partial charge in [-0.1, -0.05) is 17.3 Å². The molecule has 1 aliphatic heterocycles. The first-order valence-electron chi connectivity index (χ1n) is 13.0. The average Bonchev–Trinajstić information content (AvgIpc) is 3.57. The molecule has 0 fully saturated rings. The second-order valence-electron chi connectivity index (χ2n) is 10.1. The normalized spacial score (nSPS) is 16.8. The van der Waals surface area contributed by atoms with Crippen molar-refractivity contribution in [2.45, 2.75) is 44.6 Å². The van der Waals surface area contributed by atoms with Crippen molar-refractivity contribution in [1.82, 2.24) is 18.9 Å². The summed E-state index contributed by atoms with van der Waals surface area (Å²) < 4.78 is 17.0. The highest BCUT2D eigenvalue weighted by Crippen LogP contribution is 2.36. The first kappa shape index (κ1) is 25.4. The van der Waals surface area contributed by atoms with Gasteiger partial charge in [0.2, 0.25) is 0 Å². The number of oxime groups is 1. The third-order valence-corrected chi connectivity index (χ3v) is 7.17. The van der Waals surface area contributed by atoms with Gasteiger partial charge in [0.05, 0.1) is 22.3 Å². The number of unbranched alkanes of at least 4 members (excludes halogenated alkanes) is 1. The molecule has 5 aromatic rings. The zero-order valence-electron chi connectivity index (χ0n) is 21.7. The van der Waals surface area contributed by atoms with Gasteiger partial charge in [-0.3, -0.25) is 14.2 Å². The molecule has 9 nitrogen and oxygen atoms in total. The number of carbonyl (C=O) groups is 1. The van der Waals surface area contributed by atoms with Crippen molar-refractivity contribution in [3.63, 3.8) is 0 Å². The Labute approximate surface area is 228 Å². The molecule has 0 radical (unpaired) electrons. The Hall–Kier alpha value is -4.86. The van der Waals surface area contributed by atoms with E-state index in [-0.39, 0.29) is 12.0 Å². The van der Waals surface area contributed by atoms with Crippen LogP contribution in [0.2, 0.25) is 0 Å². The number of aryl methyl sites for hydroxylation is 1. The van der Waals surface area contributed by atoms with Crippen LogP contribution in [0, 0.1) is 5.82 Å². The van der Waals surface area contributed by atoms with Gasteiger partial charge < -0.3 is 14.3 Å². The zero-order chi connectivity index (χ0) is 27.9. The van der Waals surface area contributed by atoms with Crippen molar-refractivity contribution in [2.75, 3.05) is 0 Å². The highest BCUT2D eigenvalue weighted by Gasteiger charge is 2.39. The number of carboxylic acid groups (broad SMARTS) is 1. The summed E-state index contributed by atoms with van der Waals surface area (Å²) in [6.45, 7) is 1.95. The van der Waals surface area contributed by atoms with E-state index in [2.05, 4.69) is 5.16 Å². The van der Waals surface area contributed by atoms with E-state index in [4.69, 9.17) is 19.9 Å². The molecule has 2 aromatic carbocycles. The topological polar surface area (TPSA) is 111 Å². The summed E-state index contributed by atoms with van der Waals surface area (Å²) in [5.41, 5.74) is 3.05. The fraction of sp³-hybridized carbons (Fsp3) is 0.233. The van der Waals surface area contributed by atoms with Gasteiger partial charge in [0, 0.05) is 37.2 Å². The van der Waals surface area contributed by atoms with Crippen molar-refractivity contribution in [1.29, 1.82) is 0 Å². The van der Waals surface area contributed by atoms with Crippen LogP contribution in [-0.4, -0.2) is 35.7 Å². The Morgan fingerprint density at radius 2 is 1.93 bits per heavy atom. The van der Waals surface area contributed by atoms with Gasteiger partial charge in [0.15, 0.2) is 5.60 Å². The number of aromatic nitrogens is 4. The van der Waals surface area contributed by atoms with Crippen LogP contribution in [-0.2, 0) is 21.7 Å². The van der Waals surface area contributed by atoms with E-state index < -0.39 is 17.4 Å². The maximum absolute atomic E-state index is 13.7.